The van der Waals surface area contributed by atoms with E-state index in [-0.39, 0.29) is 47.2 Å². The third-order valence-electron chi connectivity index (χ3n) is 6.75. The van der Waals surface area contributed by atoms with E-state index in [1.54, 1.807) is 6.07 Å². The Bertz CT molecular complexity index is 1120. The lowest BCUT2D eigenvalue weighted by molar-refractivity contribution is -0.156. The minimum Gasteiger partial charge on any atom is -0.493 e. The van der Waals surface area contributed by atoms with Crippen molar-refractivity contribution in [3.8, 4) is 11.5 Å². The second-order valence-corrected chi connectivity index (χ2v) is 9.82. The average Bonchev–Trinajstić information content (AvgIpc) is 2.82. The fourth-order valence-corrected chi connectivity index (χ4v) is 4.64. The molecule has 2 aromatic rings. The molecule has 0 fully saturated rings. The average molecular weight is 516 g/mol. The highest BCUT2D eigenvalue weighted by Crippen LogP contribution is 2.35. The number of esters is 2. The lowest BCUT2D eigenvalue weighted by atomic mass is 9.82. The number of carbonyl (C=O) groups is 3. The topological polar surface area (TPSA) is 91.8 Å². The van der Waals surface area contributed by atoms with Crippen LogP contribution in [0.15, 0.2) is 30.5 Å². The first kappa shape index (κ1) is 29.9. The van der Waals surface area contributed by atoms with Crippen LogP contribution in [0.25, 0.3) is 0 Å². The number of rotatable bonds is 12. The SMILES string of the molecule is CC[C@H](C)[C@H](CC(=O)c1nccc(OC)c1OC(C)=O)C(=O)O[C@@H](C)[C@H](c1ccc(F)cc1C)C(C)C. The van der Waals surface area contributed by atoms with Crippen molar-refractivity contribution in [2.75, 3.05) is 7.11 Å². The Morgan fingerprint density at radius 2 is 1.76 bits per heavy atom. The molecule has 7 nitrogen and oxygen atoms in total. The maximum Gasteiger partial charge on any atom is 0.309 e. The van der Waals surface area contributed by atoms with Gasteiger partial charge < -0.3 is 14.2 Å². The number of aromatic nitrogens is 1. The summed E-state index contributed by atoms with van der Waals surface area (Å²) in [6.45, 7) is 12.8. The van der Waals surface area contributed by atoms with Gasteiger partial charge in [0, 0.05) is 31.5 Å². The molecule has 0 amide bonds. The van der Waals surface area contributed by atoms with Crippen LogP contribution in [0.5, 0.6) is 11.5 Å². The van der Waals surface area contributed by atoms with Crippen LogP contribution in [0, 0.1) is 30.5 Å². The molecule has 1 heterocycles. The van der Waals surface area contributed by atoms with Gasteiger partial charge in [0.1, 0.15) is 11.9 Å². The monoisotopic (exact) mass is 515 g/mol. The van der Waals surface area contributed by atoms with E-state index in [4.69, 9.17) is 14.2 Å². The summed E-state index contributed by atoms with van der Waals surface area (Å²) < 4.78 is 30.1. The van der Waals surface area contributed by atoms with Crippen LogP contribution in [-0.4, -0.2) is 35.9 Å². The van der Waals surface area contributed by atoms with Crippen LogP contribution >= 0.6 is 0 Å². The maximum atomic E-state index is 13.7. The molecule has 1 aromatic heterocycles. The summed E-state index contributed by atoms with van der Waals surface area (Å²) in [7, 11) is 1.39. The minimum atomic E-state index is -0.736. The number of hydrogen-bond acceptors (Lipinski definition) is 7. The van der Waals surface area contributed by atoms with Gasteiger partial charge in [-0.2, -0.15) is 0 Å². The molecule has 0 saturated heterocycles. The van der Waals surface area contributed by atoms with E-state index in [0.29, 0.717) is 6.42 Å². The summed E-state index contributed by atoms with van der Waals surface area (Å²) in [4.78, 5) is 42.5. The minimum absolute atomic E-state index is 0.0706. The normalized spacial score (nSPS) is 14.4. The zero-order valence-corrected chi connectivity index (χ0v) is 23.0. The highest BCUT2D eigenvalue weighted by Gasteiger charge is 2.34. The molecule has 0 radical (unpaired) electrons. The fraction of sp³-hybridized carbons (Fsp3) is 0.517. The zero-order valence-electron chi connectivity index (χ0n) is 23.0. The number of ketones is 1. The Kier molecular flexibility index (Phi) is 10.8. The summed E-state index contributed by atoms with van der Waals surface area (Å²) >= 11 is 0. The van der Waals surface area contributed by atoms with Crippen molar-refractivity contribution in [3.63, 3.8) is 0 Å². The number of aryl methyl sites for hydroxylation is 1. The summed E-state index contributed by atoms with van der Waals surface area (Å²) in [6.07, 6.45) is 1.35. The first-order valence-corrected chi connectivity index (χ1v) is 12.6. The van der Waals surface area contributed by atoms with Crippen LogP contribution in [0.1, 0.15) is 81.9 Å². The number of nitrogens with zero attached hydrogens (tertiary/aromatic N) is 1. The standard InChI is InChI=1S/C29H38FNO6/c1-9-17(4)23(15-24(33)27-28(37-20(7)32)25(35-8)12-13-31-27)29(34)36-19(6)26(16(2)3)22-11-10-21(30)14-18(22)5/h10-14,16-17,19,23,26H,9,15H2,1-8H3/t17-,19-,23-,26+/m0/s1. The van der Waals surface area contributed by atoms with E-state index in [2.05, 4.69) is 4.98 Å². The number of benzene rings is 1. The summed E-state index contributed by atoms with van der Waals surface area (Å²) in [5.41, 5.74) is 1.63. The molecule has 37 heavy (non-hydrogen) atoms. The molecule has 0 unspecified atom stereocenters. The molecule has 0 aliphatic heterocycles. The van der Waals surface area contributed by atoms with Crippen molar-refractivity contribution in [1.29, 1.82) is 0 Å². The smallest absolute Gasteiger partial charge is 0.309 e. The molecule has 0 saturated carbocycles. The van der Waals surface area contributed by atoms with Crippen LogP contribution in [-0.2, 0) is 14.3 Å². The number of methoxy groups -OCH3 is 1. The molecule has 0 spiro atoms. The summed E-state index contributed by atoms with van der Waals surface area (Å²) in [6, 6.07) is 6.11. The second kappa shape index (κ2) is 13.3. The first-order valence-electron chi connectivity index (χ1n) is 12.6. The molecule has 0 aliphatic carbocycles. The molecule has 0 bridgehead atoms. The van der Waals surface area contributed by atoms with Gasteiger partial charge in [0.25, 0.3) is 0 Å². The number of hydrogen-bond donors (Lipinski definition) is 0. The predicted octanol–water partition coefficient (Wildman–Crippen LogP) is 6.07. The van der Waals surface area contributed by atoms with Crippen LogP contribution in [0.4, 0.5) is 4.39 Å². The number of halogens is 1. The Labute approximate surface area is 218 Å². The van der Waals surface area contributed by atoms with Gasteiger partial charge in [-0.25, -0.2) is 9.37 Å². The fourth-order valence-electron chi connectivity index (χ4n) is 4.64. The number of carbonyl (C=O) groups excluding carboxylic acids is 3. The zero-order chi connectivity index (χ0) is 27.9. The van der Waals surface area contributed by atoms with Gasteiger partial charge in [-0.1, -0.05) is 40.2 Å². The van der Waals surface area contributed by atoms with Crippen molar-refractivity contribution < 1.29 is 33.0 Å². The van der Waals surface area contributed by atoms with Gasteiger partial charge in [0.05, 0.1) is 13.0 Å². The third-order valence-corrected chi connectivity index (χ3v) is 6.75. The van der Waals surface area contributed by atoms with Crippen molar-refractivity contribution in [2.45, 2.75) is 73.3 Å². The van der Waals surface area contributed by atoms with Gasteiger partial charge in [-0.05, 0) is 48.9 Å². The Balaban J connectivity index is 2.32. The van der Waals surface area contributed by atoms with Crippen LogP contribution < -0.4 is 9.47 Å². The Morgan fingerprint density at radius 1 is 1.08 bits per heavy atom. The number of pyridine rings is 1. The van der Waals surface area contributed by atoms with Gasteiger partial charge in [0.2, 0.25) is 5.75 Å². The number of Topliss-reactive ketones (excluding diaryl/α,β-unsaturated/α-hetero) is 1. The Hall–Kier alpha value is -3.29. The van der Waals surface area contributed by atoms with Crippen molar-refractivity contribution in [2.24, 2.45) is 17.8 Å². The van der Waals surface area contributed by atoms with Gasteiger partial charge >= 0.3 is 11.9 Å². The second-order valence-electron chi connectivity index (χ2n) is 9.82. The summed E-state index contributed by atoms with van der Waals surface area (Å²) in [5, 5.41) is 0. The molecule has 2 rings (SSSR count). The lowest BCUT2D eigenvalue weighted by Crippen LogP contribution is -2.33. The molecule has 0 aliphatic rings. The molecule has 4 atom stereocenters. The van der Waals surface area contributed by atoms with Gasteiger partial charge in [-0.3, -0.25) is 14.4 Å². The van der Waals surface area contributed by atoms with Crippen molar-refractivity contribution >= 4 is 17.7 Å². The van der Waals surface area contributed by atoms with Crippen molar-refractivity contribution in [3.05, 3.63) is 53.1 Å². The summed E-state index contributed by atoms with van der Waals surface area (Å²) in [5.74, 6) is -2.70. The van der Waals surface area contributed by atoms with Gasteiger partial charge in [-0.15, -0.1) is 0 Å². The van der Waals surface area contributed by atoms with E-state index >= 15 is 0 Å². The molecular formula is C29H38FNO6. The largest absolute Gasteiger partial charge is 0.493 e. The van der Waals surface area contributed by atoms with Crippen molar-refractivity contribution in [1.82, 2.24) is 4.98 Å². The highest BCUT2D eigenvalue weighted by atomic mass is 19.1. The lowest BCUT2D eigenvalue weighted by Gasteiger charge is -2.31. The molecular weight excluding hydrogens is 477 g/mol. The third kappa shape index (κ3) is 7.60. The first-order chi connectivity index (χ1) is 17.4. The molecule has 202 valence electrons. The van der Waals surface area contributed by atoms with E-state index in [1.807, 2.05) is 41.5 Å². The molecule has 1 aromatic carbocycles. The van der Waals surface area contributed by atoms with E-state index in [0.717, 1.165) is 11.1 Å². The quantitative estimate of drug-likeness (QED) is 0.250. The van der Waals surface area contributed by atoms with Crippen LogP contribution in [0.3, 0.4) is 0 Å². The maximum absolute atomic E-state index is 13.7. The molecule has 8 heteroatoms. The predicted molar refractivity (Wildman–Crippen MR) is 138 cm³/mol. The van der Waals surface area contributed by atoms with Crippen LogP contribution in [0.2, 0.25) is 0 Å². The highest BCUT2D eigenvalue weighted by molar-refractivity contribution is 6.00. The van der Waals surface area contributed by atoms with E-state index in [9.17, 15) is 18.8 Å². The molecule has 0 N–H and O–H groups in total. The van der Waals surface area contributed by atoms with E-state index < -0.39 is 29.7 Å². The number of ether oxygens (including phenoxy) is 3. The van der Waals surface area contributed by atoms with E-state index in [1.165, 1.54) is 38.4 Å². The Morgan fingerprint density at radius 3 is 2.30 bits per heavy atom. The van der Waals surface area contributed by atoms with Gasteiger partial charge in [0.15, 0.2) is 17.2 Å².